The van der Waals surface area contributed by atoms with E-state index in [9.17, 15) is 9.18 Å². The van der Waals surface area contributed by atoms with Gasteiger partial charge in [-0.2, -0.15) is 0 Å². The molecule has 0 saturated carbocycles. The topological polar surface area (TPSA) is 45.2 Å². The number of hydrogen-bond acceptors (Lipinski definition) is 3. The minimum Gasteiger partial charge on any atom is -0.362 e. The number of aryl methyl sites for hydroxylation is 1. The SMILES string of the molecule is Cc1cc(F)ccc1NC(=O)c1cccnc1N(C)C. The zero-order valence-corrected chi connectivity index (χ0v) is 11.6. The van der Waals surface area contributed by atoms with Crippen LogP contribution in [0.2, 0.25) is 0 Å². The molecule has 0 spiro atoms. The third kappa shape index (κ3) is 2.93. The van der Waals surface area contributed by atoms with Crippen molar-refractivity contribution in [3.05, 3.63) is 53.5 Å². The molecule has 5 heteroatoms. The second-order valence-corrected chi connectivity index (χ2v) is 4.68. The standard InChI is InChI=1S/C15H16FN3O/c1-10-9-11(16)6-7-13(10)18-15(20)12-5-4-8-17-14(12)19(2)3/h4-9H,1-3H3,(H,18,20). The summed E-state index contributed by atoms with van der Waals surface area (Å²) in [6.45, 7) is 1.74. The van der Waals surface area contributed by atoms with Crippen molar-refractivity contribution in [1.29, 1.82) is 0 Å². The van der Waals surface area contributed by atoms with Gasteiger partial charge in [0.15, 0.2) is 0 Å². The summed E-state index contributed by atoms with van der Waals surface area (Å²) >= 11 is 0. The molecule has 0 atom stereocenters. The van der Waals surface area contributed by atoms with Crippen molar-refractivity contribution in [1.82, 2.24) is 4.98 Å². The van der Waals surface area contributed by atoms with Gasteiger partial charge in [0.2, 0.25) is 0 Å². The van der Waals surface area contributed by atoms with Gasteiger partial charge in [-0.15, -0.1) is 0 Å². The van der Waals surface area contributed by atoms with E-state index in [0.29, 0.717) is 22.6 Å². The van der Waals surface area contributed by atoms with E-state index < -0.39 is 0 Å². The second kappa shape index (κ2) is 5.69. The average Bonchev–Trinajstić information content (AvgIpc) is 2.41. The zero-order valence-electron chi connectivity index (χ0n) is 11.6. The van der Waals surface area contributed by atoms with Gasteiger partial charge in [-0.05, 0) is 42.8 Å². The quantitative estimate of drug-likeness (QED) is 0.935. The Morgan fingerprint density at radius 2 is 2.05 bits per heavy atom. The molecule has 0 fully saturated rings. The molecule has 0 radical (unpaired) electrons. The largest absolute Gasteiger partial charge is 0.362 e. The molecular weight excluding hydrogens is 257 g/mol. The van der Waals surface area contributed by atoms with Gasteiger partial charge in [0, 0.05) is 26.0 Å². The summed E-state index contributed by atoms with van der Waals surface area (Å²) in [4.78, 5) is 18.3. The molecule has 0 unspecified atom stereocenters. The van der Waals surface area contributed by atoms with E-state index in [1.165, 1.54) is 12.1 Å². The van der Waals surface area contributed by atoms with Gasteiger partial charge in [-0.3, -0.25) is 4.79 Å². The molecule has 20 heavy (non-hydrogen) atoms. The second-order valence-electron chi connectivity index (χ2n) is 4.68. The lowest BCUT2D eigenvalue weighted by Gasteiger charge is -2.16. The van der Waals surface area contributed by atoms with Crippen LogP contribution in [0.15, 0.2) is 36.5 Å². The van der Waals surface area contributed by atoms with Crippen molar-refractivity contribution in [3.8, 4) is 0 Å². The van der Waals surface area contributed by atoms with Crippen molar-refractivity contribution in [2.24, 2.45) is 0 Å². The molecule has 2 aromatic rings. The minimum atomic E-state index is -0.323. The number of nitrogens with one attached hydrogen (secondary N) is 1. The van der Waals surface area contributed by atoms with E-state index in [0.717, 1.165) is 0 Å². The van der Waals surface area contributed by atoms with Gasteiger partial charge in [-0.1, -0.05) is 0 Å². The molecule has 1 aromatic heterocycles. The number of rotatable bonds is 3. The number of carbonyl (C=O) groups excluding carboxylic acids is 1. The van der Waals surface area contributed by atoms with Crippen LogP contribution >= 0.6 is 0 Å². The summed E-state index contributed by atoms with van der Waals surface area (Å²) in [5.41, 5.74) is 1.74. The molecule has 0 aliphatic heterocycles. The summed E-state index contributed by atoms with van der Waals surface area (Å²) in [6, 6.07) is 7.66. The molecule has 0 aliphatic rings. The van der Waals surface area contributed by atoms with Gasteiger partial charge in [0.1, 0.15) is 11.6 Å². The van der Waals surface area contributed by atoms with Gasteiger partial charge in [0.25, 0.3) is 5.91 Å². The Morgan fingerprint density at radius 1 is 1.30 bits per heavy atom. The normalized spacial score (nSPS) is 10.2. The molecule has 0 bridgehead atoms. The molecule has 2 rings (SSSR count). The predicted octanol–water partition coefficient (Wildman–Crippen LogP) is 2.85. The Kier molecular flexibility index (Phi) is 3.98. The summed E-state index contributed by atoms with van der Waals surface area (Å²) in [5.74, 6) is -0.00266. The zero-order chi connectivity index (χ0) is 14.7. The number of halogens is 1. The van der Waals surface area contributed by atoms with Crippen LogP contribution in [0.1, 0.15) is 15.9 Å². The monoisotopic (exact) mass is 273 g/mol. The summed E-state index contributed by atoms with van der Waals surface area (Å²) in [6.07, 6.45) is 1.63. The van der Waals surface area contributed by atoms with Crippen LogP contribution in [0.3, 0.4) is 0 Å². The summed E-state index contributed by atoms with van der Waals surface area (Å²) in [7, 11) is 3.64. The molecule has 104 valence electrons. The fraction of sp³-hybridized carbons (Fsp3) is 0.200. The lowest BCUT2D eigenvalue weighted by Crippen LogP contribution is -2.20. The summed E-state index contributed by atoms with van der Waals surface area (Å²) in [5, 5.41) is 2.78. The molecule has 1 aromatic carbocycles. The number of anilines is 2. The Bertz CT molecular complexity index is 641. The first-order valence-corrected chi connectivity index (χ1v) is 6.19. The molecule has 1 amide bonds. The van der Waals surface area contributed by atoms with Crippen LogP contribution in [-0.4, -0.2) is 25.0 Å². The number of amides is 1. The van der Waals surface area contributed by atoms with Gasteiger partial charge >= 0.3 is 0 Å². The lowest BCUT2D eigenvalue weighted by atomic mass is 10.1. The summed E-state index contributed by atoms with van der Waals surface area (Å²) < 4.78 is 13.0. The first kappa shape index (κ1) is 14.0. The average molecular weight is 273 g/mol. The van der Waals surface area contributed by atoms with E-state index >= 15 is 0 Å². The number of hydrogen-bond donors (Lipinski definition) is 1. The first-order chi connectivity index (χ1) is 9.49. The molecule has 4 nitrogen and oxygen atoms in total. The van der Waals surface area contributed by atoms with Crippen LogP contribution in [0.5, 0.6) is 0 Å². The Labute approximate surface area is 117 Å². The van der Waals surface area contributed by atoms with E-state index in [4.69, 9.17) is 0 Å². The van der Waals surface area contributed by atoms with Crippen molar-refractivity contribution in [3.63, 3.8) is 0 Å². The van der Waals surface area contributed by atoms with E-state index in [-0.39, 0.29) is 11.7 Å². The maximum Gasteiger partial charge on any atom is 0.259 e. The third-order valence-corrected chi connectivity index (χ3v) is 2.89. The molecule has 1 N–H and O–H groups in total. The molecular formula is C15H16FN3O. The number of aromatic nitrogens is 1. The van der Waals surface area contributed by atoms with Crippen LogP contribution in [-0.2, 0) is 0 Å². The maximum absolute atomic E-state index is 13.0. The van der Waals surface area contributed by atoms with Crippen LogP contribution < -0.4 is 10.2 Å². The highest BCUT2D eigenvalue weighted by atomic mass is 19.1. The van der Waals surface area contributed by atoms with Crippen LogP contribution in [0, 0.1) is 12.7 Å². The molecule has 0 aliphatic carbocycles. The van der Waals surface area contributed by atoms with Crippen molar-refractivity contribution in [2.75, 3.05) is 24.3 Å². The Balaban J connectivity index is 2.29. The van der Waals surface area contributed by atoms with Gasteiger partial charge in [0.05, 0.1) is 5.56 Å². The molecule has 0 saturated heterocycles. The highest BCUT2D eigenvalue weighted by molar-refractivity contribution is 6.07. The van der Waals surface area contributed by atoms with Crippen molar-refractivity contribution in [2.45, 2.75) is 6.92 Å². The fourth-order valence-electron chi connectivity index (χ4n) is 1.89. The first-order valence-electron chi connectivity index (χ1n) is 6.19. The highest BCUT2D eigenvalue weighted by Crippen LogP contribution is 2.19. The van der Waals surface area contributed by atoms with Crippen LogP contribution in [0.25, 0.3) is 0 Å². The van der Waals surface area contributed by atoms with Gasteiger partial charge in [-0.25, -0.2) is 9.37 Å². The van der Waals surface area contributed by atoms with Gasteiger partial charge < -0.3 is 10.2 Å². The Hall–Kier alpha value is -2.43. The number of nitrogens with zero attached hydrogens (tertiary/aromatic N) is 2. The van der Waals surface area contributed by atoms with Crippen molar-refractivity contribution >= 4 is 17.4 Å². The van der Waals surface area contributed by atoms with E-state index in [1.54, 1.807) is 36.2 Å². The fourth-order valence-corrected chi connectivity index (χ4v) is 1.89. The number of pyridine rings is 1. The van der Waals surface area contributed by atoms with Crippen LogP contribution in [0.4, 0.5) is 15.9 Å². The smallest absolute Gasteiger partial charge is 0.259 e. The molecule has 1 heterocycles. The maximum atomic E-state index is 13.0. The van der Waals surface area contributed by atoms with E-state index in [2.05, 4.69) is 10.3 Å². The lowest BCUT2D eigenvalue weighted by molar-refractivity contribution is 0.102. The van der Waals surface area contributed by atoms with Crippen molar-refractivity contribution < 1.29 is 9.18 Å². The Morgan fingerprint density at radius 3 is 2.70 bits per heavy atom. The number of benzene rings is 1. The highest BCUT2D eigenvalue weighted by Gasteiger charge is 2.14. The third-order valence-electron chi connectivity index (χ3n) is 2.89. The number of carbonyl (C=O) groups is 1. The van der Waals surface area contributed by atoms with E-state index in [1.807, 2.05) is 14.1 Å². The minimum absolute atomic E-state index is 0.267. The predicted molar refractivity (Wildman–Crippen MR) is 77.7 cm³/mol.